The van der Waals surface area contributed by atoms with E-state index in [4.69, 9.17) is 42.2 Å². The fourth-order valence-corrected chi connectivity index (χ4v) is 0.952. The van der Waals surface area contributed by atoms with E-state index in [-0.39, 0.29) is 29.1 Å². The van der Waals surface area contributed by atoms with E-state index < -0.39 is 0 Å². The molecule has 0 spiro atoms. The van der Waals surface area contributed by atoms with Crippen LogP contribution >= 0.6 is 0 Å². The SMILES string of the molecule is C.C.C.NCCCOCOCCCN.[C-]#[N+]CCOCOCCC#N. The lowest BCUT2D eigenvalue weighted by Gasteiger charge is -2.03. The normalized spacial score (nSPS) is 8.32. The van der Waals surface area contributed by atoms with Crippen LogP contribution in [0.3, 0.4) is 0 Å². The van der Waals surface area contributed by atoms with Gasteiger partial charge in [0.25, 0.3) is 0 Å². The third kappa shape index (κ3) is 45.0. The summed E-state index contributed by atoms with van der Waals surface area (Å²) in [4.78, 5) is 3.09. The van der Waals surface area contributed by atoms with Crippen LogP contribution < -0.4 is 11.5 Å². The zero-order chi connectivity index (χ0) is 16.7. The largest absolute Gasteiger partial charge is 0.355 e. The lowest BCUT2D eigenvalue weighted by Crippen LogP contribution is -2.09. The van der Waals surface area contributed by atoms with Crippen molar-refractivity contribution in [3.8, 4) is 6.07 Å². The summed E-state index contributed by atoms with van der Waals surface area (Å²) >= 11 is 0. The first-order valence-electron chi connectivity index (χ1n) is 7.24. The van der Waals surface area contributed by atoms with E-state index >= 15 is 0 Å². The van der Waals surface area contributed by atoms with Gasteiger partial charge >= 0.3 is 0 Å². The zero-order valence-electron chi connectivity index (χ0n) is 13.2. The Hall–Kier alpha value is -1.26. The second kappa shape index (κ2) is 38.4. The first-order chi connectivity index (χ1) is 10.8. The number of nitrogens with two attached hydrogens (primary N) is 2. The number of rotatable bonds is 14. The van der Waals surface area contributed by atoms with Crippen molar-refractivity contribution in [1.82, 2.24) is 0 Å². The third-order valence-electron chi connectivity index (χ3n) is 2.02. The molecule has 0 radical (unpaired) electrons. The molecule has 0 aromatic heterocycles. The van der Waals surface area contributed by atoms with Crippen LogP contribution in [0.4, 0.5) is 0 Å². The van der Waals surface area contributed by atoms with Gasteiger partial charge in [-0.2, -0.15) is 5.26 Å². The molecule has 0 aliphatic carbocycles. The van der Waals surface area contributed by atoms with Crippen molar-refractivity contribution in [2.24, 2.45) is 11.5 Å². The van der Waals surface area contributed by atoms with Crippen molar-refractivity contribution in [2.45, 2.75) is 41.5 Å². The summed E-state index contributed by atoms with van der Waals surface area (Å²) in [5.41, 5.74) is 10.5. The monoisotopic (exact) mass is 364 g/mol. The summed E-state index contributed by atoms with van der Waals surface area (Å²) in [5, 5.41) is 8.10. The second-order valence-electron chi connectivity index (χ2n) is 3.94. The highest BCUT2D eigenvalue weighted by Gasteiger charge is 1.89. The standard InChI is InChI=1S/C7H10N2O2.C7H18N2O2.3CH4/c1-9-4-6-11-7-10-5-2-3-8;8-3-1-5-10-7-11-6-2-4-9;;;/h2,4-7H2;1-9H2;3*1H4. The van der Waals surface area contributed by atoms with Gasteiger partial charge in [0.15, 0.2) is 0 Å². The van der Waals surface area contributed by atoms with E-state index in [1.807, 2.05) is 6.07 Å². The second-order valence-corrected chi connectivity index (χ2v) is 3.94. The van der Waals surface area contributed by atoms with Crippen LogP contribution in [0.1, 0.15) is 41.5 Å². The Morgan fingerprint density at radius 3 is 1.64 bits per heavy atom. The number of nitrogens with zero attached hydrogens (tertiary/aromatic N) is 2. The minimum Gasteiger partial charge on any atom is -0.355 e. The Labute approximate surface area is 155 Å². The first-order valence-corrected chi connectivity index (χ1v) is 7.24. The summed E-state index contributed by atoms with van der Waals surface area (Å²) in [5.74, 6) is 0. The lowest BCUT2D eigenvalue weighted by molar-refractivity contribution is -0.0539. The molecule has 0 aromatic carbocycles. The molecule has 4 N–H and O–H groups in total. The molecule has 0 heterocycles. The van der Waals surface area contributed by atoms with Crippen LogP contribution in [0.2, 0.25) is 0 Å². The zero-order valence-corrected chi connectivity index (χ0v) is 13.2. The first kappa shape index (κ1) is 35.0. The van der Waals surface area contributed by atoms with Crippen molar-refractivity contribution >= 4 is 0 Å². The smallest absolute Gasteiger partial charge is 0.237 e. The molecule has 0 amide bonds. The molecule has 0 aliphatic rings. The Bertz CT molecular complexity index is 255. The van der Waals surface area contributed by atoms with Gasteiger partial charge in [-0.3, -0.25) is 0 Å². The predicted octanol–water partition coefficient (Wildman–Crippen LogP) is 2.39. The highest BCUT2D eigenvalue weighted by atomic mass is 16.7. The summed E-state index contributed by atoms with van der Waals surface area (Å²) in [6, 6.07) is 1.94. The molecule has 0 aromatic rings. The third-order valence-corrected chi connectivity index (χ3v) is 2.02. The molecule has 0 saturated heterocycles. The summed E-state index contributed by atoms with van der Waals surface area (Å²) < 4.78 is 19.9. The highest BCUT2D eigenvalue weighted by molar-refractivity contribution is 4.66. The fourth-order valence-electron chi connectivity index (χ4n) is 0.952. The van der Waals surface area contributed by atoms with Gasteiger partial charge in [0.1, 0.15) is 20.2 Å². The number of hydrogen-bond acceptors (Lipinski definition) is 7. The molecule has 25 heavy (non-hydrogen) atoms. The van der Waals surface area contributed by atoms with E-state index in [2.05, 4.69) is 4.85 Å². The van der Waals surface area contributed by atoms with Gasteiger partial charge in [-0.15, -0.1) is 0 Å². The van der Waals surface area contributed by atoms with Gasteiger partial charge in [0, 0.05) is 0 Å². The van der Waals surface area contributed by atoms with Crippen molar-refractivity contribution in [3.63, 3.8) is 0 Å². The number of hydrogen-bond donors (Lipinski definition) is 2. The Morgan fingerprint density at radius 2 is 1.24 bits per heavy atom. The Kier molecular flexibility index (Phi) is 53.6. The average molecular weight is 365 g/mol. The van der Waals surface area contributed by atoms with Crippen LogP contribution in [0, 0.1) is 17.9 Å². The van der Waals surface area contributed by atoms with Gasteiger partial charge in [-0.1, -0.05) is 22.3 Å². The van der Waals surface area contributed by atoms with Crippen molar-refractivity contribution in [2.75, 3.05) is 59.6 Å². The van der Waals surface area contributed by atoms with Crippen molar-refractivity contribution in [1.29, 1.82) is 5.26 Å². The van der Waals surface area contributed by atoms with Crippen molar-refractivity contribution < 1.29 is 18.9 Å². The molecular formula is C17H40N4O4. The molecule has 8 nitrogen and oxygen atoms in total. The number of ether oxygens (including phenoxy) is 4. The maximum atomic E-state index is 8.10. The molecule has 0 rings (SSSR count). The van der Waals surface area contributed by atoms with Crippen LogP contribution in [-0.2, 0) is 18.9 Å². The molecule has 0 unspecified atom stereocenters. The summed E-state index contributed by atoms with van der Waals surface area (Å²) in [6.07, 6.45) is 2.16. The van der Waals surface area contributed by atoms with E-state index in [1.165, 1.54) is 0 Å². The van der Waals surface area contributed by atoms with E-state index in [1.54, 1.807) is 0 Å². The number of nitriles is 1. The van der Waals surface area contributed by atoms with E-state index in [0.29, 0.717) is 59.3 Å². The van der Waals surface area contributed by atoms with Gasteiger partial charge in [-0.25, -0.2) is 6.57 Å². The topological polar surface area (TPSA) is 117 Å². The molecular weight excluding hydrogens is 324 g/mol. The maximum Gasteiger partial charge on any atom is 0.237 e. The highest BCUT2D eigenvalue weighted by Crippen LogP contribution is 1.83. The van der Waals surface area contributed by atoms with Crippen LogP contribution in [0.15, 0.2) is 0 Å². The van der Waals surface area contributed by atoms with Crippen LogP contribution in [-0.4, -0.2) is 59.6 Å². The van der Waals surface area contributed by atoms with Crippen LogP contribution in [0.25, 0.3) is 4.85 Å². The van der Waals surface area contributed by atoms with Crippen LogP contribution in [0.5, 0.6) is 0 Å². The molecule has 0 bridgehead atoms. The molecule has 152 valence electrons. The molecule has 8 heteroatoms. The average Bonchev–Trinajstić information content (AvgIpc) is 2.54. The predicted molar refractivity (Wildman–Crippen MR) is 103 cm³/mol. The van der Waals surface area contributed by atoms with Gasteiger partial charge in [0.05, 0.1) is 32.3 Å². The van der Waals surface area contributed by atoms with Gasteiger partial charge in [0.2, 0.25) is 6.54 Å². The maximum absolute atomic E-state index is 8.10. The summed E-state index contributed by atoms with van der Waals surface area (Å²) in [6.45, 7) is 10.8. The van der Waals surface area contributed by atoms with Gasteiger partial charge < -0.3 is 35.3 Å². The molecule has 0 saturated carbocycles. The quantitative estimate of drug-likeness (QED) is 0.276. The Balaban J connectivity index is -0.0000000952. The Morgan fingerprint density at radius 1 is 0.800 bits per heavy atom. The van der Waals surface area contributed by atoms with E-state index in [0.717, 1.165) is 12.8 Å². The molecule has 0 aliphatic heterocycles. The van der Waals surface area contributed by atoms with Gasteiger partial charge in [-0.05, 0) is 25.9 Å². The van der Waals surface area contributed by atoms with Crippen molar-refractivity contribution in [3.05, 3.63) is 11.4 Å². The fraction of sp³-hybridized carbons (Fsp3) is 0.882. The van der Waals surface area contributed by atoms with E-state index in [9.17, 15) is 0 Å². The molecule has 0 fully saturated rings. The minimum absolute atomic E-state index is 0. The lowest BCUT2D eigenvalue weighted by atomic mass is 10.5. The molecule has 0 atom stereocenters. The summed E-state index contributed by atoms with van der Waals surface area (Å²) in [7, 11) is 0. The minimum atomic E-state index is 0.